The summed E-state index contributed by atoms with van der Waals surface area (Å²) >= 11 is 0. The Morgan fingerprint density at radius 1 is 0.375 bits per heavy atom. The molecule has 0 bridgehead atoms. The highest BCUT2D eigenvalue weighted by atomic mass is 19.2. The molecule has 0 saturated heterocycles. The summed E-state index contributed by atoms with van der Waals surface area (Å²) in [5.74, 6) is -4.79. The smallest absolute Gasteiger partial charge is 0.150 e. The predicted molar refractivity (Wildman–Crippen MR) is 240 cm³/mol. The van der Waals surface area contributed by atoms with E-state index in [0.29, 0.717) is 44.6 Å². The molecule has 0 aliphatic heterocycles. The monoisotopic (exact) mass is 846 g/mol. The number of nitrogens with zero attached hydrogens (tertiary/aromatic N) is 4. The van der Waals surface area contributed by atoms with E-state index in [-0.39, 0.29) is 33.6 Å². The first-order valence-electron chi connectivity index (χ1n) is 19.9. The summed E-state index contributed by atoms with van der Waals surface area (Å²) in [6.07, 6.45) is 0. The number of benzene rings is 10. The Labute approximate surface area is 362 Å². The van der Waals surface area contributed by atoms with Crippen molar-refractivity contribution in [3.8, 4) is 34.4 Å². The Hall–Kier alpha value is -8.60. The van der Waals surface area contributed by atoms with Crippen LogP contribution in [0.25, 0.3) is 54.6 Å². The van der Waals surface area contributed by atoms with Crippen LogP contribution in [0.1, 0.15) is 11.1 Å². The second-order valence-corrected chi connectivity index (χ2v) is 15.2. The van der Waals surface area contributed by atoms with Crippen molar-refractivity contribution in [3.63, 3.8) is 0 Å². The Morgan fingerprint density at radius 3 is 1.14 bits per heavy atom. The van der Waals surface area contributed by atoms with Gasteiger partial charge in [0.25, 0.3) is 0 Å². The maximum Gasteiger partial charge on any atom is 0.150 e. The Morgan fingerprint density at radius 2 is 0.766 bits per heavy atom. The molecule has 10 heteroatoms. The summed E-state index contributed by atoms with van der Waals surface area (Å²) in [5.41, 5.74) is 2.90. The zero-order chi connectivity index (χ0) is 44.2. The molecule has 10 aromatic carbocycles. The van der Waals surface area contributed by atoms with Crippen LogP contribution in [0.2, 0.25) is 0 Å². The fourth-order valence-corrected chi connectivity index (χ4v) is 8.65. The third-order valence-corrected chi connectivity index (χ3v) is 11.4. The summed E-state index contributed by atoms with van der Waals surface area (Å²) in [7, 11) is 0. The van der Waals surface area contributed by atoms with Gasteiger partial charge in [-0.2, -0.15) is 10.5 Å². The van der Waals surface area contributed by atoms with Crippen LogP contribution in [-0.4, -0.2) is 0 Å². The van der Waals surface area contributed by atoms with Gasteiger partial charge in [-0.15, -0.1) is 0 Å². The van der Waals surface area contributed by atoms with E-state index in [2.05, 4.69) is 12.1 Å². The van der Waals surface area contributed by atoms with Crippen molar-refractivity contribution in [2.45, 2.75) is 0 Å². The van der Waals surface area contributed by atoms with Gasteiger partial charge in [-0.05, 0) is 130 Å². The number of hydrogen-bond acceptors (Lipinski definition) is 4. The number of rotatable bonds is 8. The van der Waals surface area contributed by atoms with Gasteiger partial charge in [0.1, 0.15) is 23.3 Å². The molecule has 0 saturated carbocycles. The van der Waals surface area contributed by atoms with Crippen LogP contribution in [0, 0.1) is 57.6 Å². The molecule has 0 fully saturated rings. The third kappa shape index (κ3) is 6.75. The van der Waals surface area contributed by atoms with Crippen LogP contribution in [0.15, 0.2) is 170 Å². The van der Waals surface area contributed by atoms with Gasteiger partial charge in [0.2, 0.25) is 0 Å². The number of nitriles is 2. The maximum absolute atomic E-state index is 16.7. The molecule has 0 atom stereocenters. The van der Waals surface area contributed by atoms with Crippen molar-refractivity contribution in [3.05, 3.63) is 216 Å². The first kappa shape index (κ1) is 39.5. The molecule has 0 amide bonds. The van der Waals surface area contributed by atoms with Crippen molar-refractivity contribution < 1.29 is 26.3 Å². The summed E-state index contributed by atoms with van der Waals surface area (Å²) in [4.78, 5) is 3.23. The van der Waals surface area contributed by atoms with E-state index in [1.807, 2.05) is 36.4 Å². The molecule has 0 aliphatic carbocycles. The van der Waals surface area contributed by atoms with Gasteiger partial charge >= 0.3 is 0 Å². The van der Waals surface area contributed by atoms with E-state index >= 15 is 17.6 Å². The fourth-order valence-electron chi connectivity index (χ4n) is 8.65. The average molecular weight is 847 g/mol. The molecule has 306 valence electrons. The molecule has 0 unspecified atom stereocenters. The zero-order valence-electron chi connectivity index (χ0n) is 33.2. The lowest BCUT2D eigenvalue weighted by Gasteiger charge is -2.31. The highest BCUT2D eigenvalue weighted by Crippen LogP contribution is 2.51. The molecular weight excluding hydrogens is 819 g/mol. The van der Waals surface area contributed by atoms with Crippen molar-refractivity contribution in [1.82, 2.24) is 0 Å². The highest BCUT2D eigenvalue weighted by molar-refractivity contribution is 6.28. The Balaban J connectivity index is 1.27. The van der Waals surface area contributed by atoms with Crippen molar-refractivity contribution >= 4 is 66.4 Å². The van der Waals surface area contributed by atoms with Crippen LogP contribution in [-0.2, 0) is 0 Å². The van der Waals surface area contributed by atoms with Gasteiger partial charge in [0.05, 0.1) is 46.0 Å². The molecule has 10 rings (SSSR count). The molecule has 10 aromatic rings. The van der Waals surface area contributed by atoms with Crippen LogP contribution in [0.3, 0.4) is 0 Å². The number of halogens is 6. The van der Waals surface area contributed by atoms with Crippen LogP contribution < -0.4 is 9.80 Å². The van der Waals surface area contributed by atoms with E-state index in [9.17, 15) is 19.3 Å². The second-order valence-electron chi connectivity index (χ2n) is 15.2. The van der Waals surface area contributed by atoms with Gasteiger partial charge in [-0.3, -0.25) is 0 Å². The third-order valence-electron chi connectivity index (χ3n) is 11.4. The van der Waals surface area contributed by atoms with E-state index < -0.39 is 34.9 Å². The fraction of sp³-hybridized carbons (Fsp3) is 0. The van der Waals surface area contributed by atoms with Crippen LogP contribution in [0.5, 0.6) is 0 Å². The topological polar surface area (TPSA) is 54.1 Å². The quantitative estimate of drug-likeness (QED) is 0.113. The molecule has 0 N–H and O–H groups in total. The normalized spacial score (nSPS) is 11.2. The van der Waals surface area contributed by atoms with E-state index in [0.717, 1.165) is 45.8 Å². The minimum Gasteiger partial charge on any atom is -0.307 e. The number of anilines is 6. The molecule has 0 aliphatic rings. The molecule has 0 radical (unpaired) electrons. The molecular formula is C54H28F6N4. The minimum absolute atomic E-state index is 0.0721. The molecule has 0 spiro atoms. The first-order valence-corrected chi connectivity index (χ1v) is 19.9. The first-order chi connectivity index (χ1) is 31.1. The SMILES string of the molecule is N#Cc1ccc(N(c2c(F)cc(F)cc2-c2cccc(F)c2)c2ccc3ccc4c(N(c5ccc(C#N)cc5)c5c(F)cc(F)cc5-c5cccc(F)c5)ccc5ccc2c3c54)cc1. The average Bonchev–Trinajstić information content (AvgIpc) is 3.30. The van der Waals surface area contributed by atoms with E-state index in [1.165, 1.54) is 36.4 Å². The maximum atomic E-state index is 16.7. The van der Waals surface area contributed by atoms with Crippen molar-refractivity contribution in [1.29, 1.82) is 10.5 Å². The lowest BCUT2D eigenvalue weighted by Crippen LogP contribution is -2.15. The van der Waals surface area contributed by atoms with Gasteiger partial charge in [0.15, 0.2) is 11.6 Å². The Kier molecular flexibility index (Phi) is 9.70. The van der Waals surface area contributed by atoms with Crippen molar-refractivity contribution in [2.75, 3.05) is 9.80 Å². The predicted octanol–water partition coefficient (Wildman–Crippen LogP) is 15.4. The molecule has 64 heavy (non-hydrogen) atoms. The summed E-state index contributed by atoms with van der Waals surface area (Å²) in [6, 6.07) is 46.8. The lowest BCUT2D eigenvalue weighted by atomic mass is 9.91. The summed E-state index contributed by atoms with van der Waals surface area (Å²) in [5, 5.41) is 23.6. The molecule has 4 nitrogen and oxygen atoms in total. The van der Waals surface area contributed by atoms with Gasteiger partial charge in [-0.25, -0.2) is 26.3 Å². The molecule has 0 aromatic heterocycles. The number of hydrogen-bond donors (Lipinski definition) is 0. The largest absolute Gasteiger partial charge is 0.307 e. The van der Waals surface area contributed by atoms with Crippen LogP contribution in [0.4, 0.5) is 60.5 Å². The highest BCUT2D eigenvalue weighted by Gasteiger charge is 2.28. The van der Waals surface area contributed by atoms with E-state index in [4.69, 9.17) is 0 Å². The summed E-state index contributed by atoms with van der Waals surface area (Å²) < 4.78 is 93.3. The van der Waals surface area contributed by atoms with Gasteiger partial charge in [-0.1, -0.05) is 60.7 Å². The van der Waals surface area contributed by atoms with Crippen molar-refractivity contribution in [2.24, 2.45) is 0 Å². The zero-order valence-corrected chi connectivity index (χ0v) is 33.2. The minimum atomic E-state index is -0.926. The molecule has 0 heterocycles. The lowest BCUT2D eigenvalue weighted by molar-refractivity contribution is 0.584. The van der Waals surface area contributed by atoms with Crippen LogP contribution >= 0.6 is 0 Å². The Bertz CT molecular complexity index is 3320. The van der Waals surface area contributed by atoms with E-state index in [1.54, 1.807) is 82.6 Å². The second kappa shape index (κ2) is 15.7. The standard InChI is InChI=1S/C54H28F6N4/c55-37-5-1-3-35(23-37)45-25-39(57)27-47(59)53(45)63(41-15-7-31(29-61)8-16-41)49-21-13-33-12-20-44-50(22-14-34-11-19-43(49)51(33)52(34)44)64(42-17-9-32(30-62)10-18-42)54-46(26-40(58)28-48(54)60)36-4-2-6-38(56)24-36/h1-28H. The van der Waals surface area contributed by atoms with Gasteiger partial charge < -0.3 is 9.80 Å². The summed E-state index contributed by atoms with van der Waals surface area (Å²) in [6.45, 7) is 0. The van der Waals surface area contributed by atoms with Gasteiger partial charge in [0, 0.05) is 45.4 Å².